The van der Waals surface area contributed by atoms with Gasteiger partial charge in [0, 0.05) is 11.6 Å². The van der Waals surface area contributed by atoms with Crippen LogP contribution in [0, 0.1) is 0 Å². The van der Waals surface area contributed by atoms with Gasteiger partial charge in [-0.3, -0.25) is 4.79 Å². The third-order valence-corrected chi connectivity index (χ3v) is 2.87. The number of carbonyl (C=O) groups is 1. The number of β-amino-alcohol motifs (C(OH)–C–C–N with tert-alkyl or cyclic N) is 1. The lowest BCUT2D eigenvalue weighted by atomic mass is 10.1. The Morgan fingerprint density at radius 2 is 2.26 bits per heavy atom. The molecule has 0 aromatic heterocycles. The molecule has 1 aromatic carbocycles. The minimum atomic E-state index is -0.864. The van der Waals surface area contributed by atoms with Crippen molar-refractivity contribution in [2.45, 2.75) is 25.5 Å². The first-order chi connectivity index (χ1) is 8.81. The van der Waals surface area contributed by atoms with Gasteiger partial charge in [0.05, 0.1) is 5.54 Å². The van der Waals surface area contributed by atoms with Crippen LogP contribution in [0.5, 0.6) is 5.75 Å². The molecular weight excluding hydrogens is 268 g/mol. The maximum atomic E-state index is 11.1. The van der Waals surface area contributed by atoms with Crippen LogP contribution in [0.1, 0.15) is 13.8 Å². The van der Waals surface area contributed by atoms with Gasteiger partial charge in [0.15, 0.2) is 0 Å². The van der Waals surface area contributed by atoms with Crippen molar-refractivity contribution in [1.29, 1.82) is 0 Å². The lowest BCUT2D eigenvalue weighted by Gasteiger charge is -2.24. The number of nitrogens with two attached hydrogens (primary N) is 1. The average molecular weight is 287 g/mol. The number of nitrogens with one attached hydrogen (secondary N) is 1. The van der Waals surface area contributed by atoms with E-state index in [2.05, 4.69) is 5.32 Å². The number of ether oxygens (including phenoxy) is 1. The molecule has 1 rings (SSSR count). The fourth-order valence-corrected chi connectivity index (χ4v) is 1.45. The van der Waals surface area contributed by atoms with Crippen LogP contribution in [-0.4, -0.2) is 35.8 Å². The molecular formula is C13H19ClN2O3. The predicted molar refractivity (Wildman–Crippen MR) is 74.2 cm³/mol. The van der Waals surface area contributed by atoms with Gasteiger partial charge in [-0.1, -0.05) is 17.7 Å². The Morgan fingerprint density at radius 3 is 2.84 bits per heavy atom. The van der Waals surface area contributed by atoms with E-state index in [1.54, 1.807) is 38.1 Å². The Kier molecular flexibility index (Phi) is 5.60. The summed E-state index contributed by atoms with van der Waals surface area (Å²) in [5.74, 6) is 0.108. The molecule has 0 radical (unpaired) electrons. The number of halogens is 1. The van der Waals surface area contributed by atoms with E-state index in [1.165, 1.54) is 0 Å². The summed E-state index contributed by atoms with van der Waals surface area (Å²) in [5.41, 5.74) is 4.35. The zero-order chi connectivity index (χ0) is 14.5. The predicted octanol–water partition coefficient (Wildman–Crippen LogP) is 0.933. The van der Waals surface area contributed by atoms with Crippen molar-refractivity contribution < 1.29 is 14.6 Å². The van der Waals surface area contributed by atoms with Crippen LogP contribution in [0.15, 0.2) is 24.3 Å². The van der Waals surface area contributed by atoms with Crippen LogP contribution in [0.25, 0.3) is 0 Å². The maximum Gasteiger partial charge on any atom is 0.237 e. The topological polar surface area (TPSA) is 84.6 Å². The van der Waals surface area contributed by atoms with Gasteiger partial charge >= 0.3 is 0 Å². The summed E-state index contributed by atoms with van der Waals surface area (Å²) in [6.07, 6.45) is -0.752. The van der Waals surface area contributed by atoms with Crippen LogP contribution in [0.4, 0.5) is 0 Å². The standard InChI is InChI=1S/C13H19ClN2O3/c1-13(2,12(15)18)16-7-10(17)8-19-11-5-3-4-9(14)6-11/h3-6,10,16-17H,7-8H2,1-2H3,(H2,15,18). The number of aliphatic hydroxyl groups excluding tert-OH is 1. The second-order valence-electron chi connectivity index (χ2n) is 4.79. The minimum absolute atomic E-state index is 0.0994. The summed E-state index contributed by atoms with van der Waals surface area (Å²) in [6, 6.07) is 6.91. The summed E-state index contributed by atoms with van der Waals surface area (Å²) in [5, 5.41) is 13.2. The van der Waals surface area contributed by atoms with Gasteiger partial charge in [-0.25, -0.2) is 0 Å². The smallest absolute Gasteiger partial charge is 0.237 e. The Bertz CT molecular complexity index is 438. The number of aliphatic hydroxyl groups is 1. The van der Waals surface area contributed by atoms with E-state index in [4.69, 9.17) is 22.1 Å². The van der Waals surface area contributed by atoms with Crippen LogP contribution in [-0.2, 0) is 4.79 Å². The fourth-order valence-electron chi connectivity index (χ4n) is 1.27. The molecule has 106 valence electrons. The highest BCUT2D eigenvalue weighted by Crippen LogP contribution is 2.17. The molecule has 1 amide bonds. The summed E-state index contributed by atoms with van der Waals surface area (Å²) in [7, 11) is 0. The van der Waals surface area contributed by atoms with Crippen LogP contribution in [0.2, 0.25) is 5.02 Å². The Balaban J connectivity index is 2.36. The van der Waals surface area contributed by atoms with Gasteiger partial charge in [0.1, 0.15) is 18.5 Å². The van der Waals surface area contributed by atoms with Crippen LogP contribution < -0.4 is 15.8 Å². The molecule has 0 aliphatic rings. The van der Waals surface area contributed by atoms with E-state index in [0.29, 0.717) is 10.8 Å². The van der Waals surface area contributed by atoms with Crippen molar-refractivity contribution in [3.05, 3.63) is 29.3 Å². The number of primary amides is 1. The van der Waals surface area contributed by atoms with E-state index in [-0.39, 0.29) is 13.2 Å². The maximum absolute atomic E-state index is 11.1. The molecule has 0 saturated heterocycles. The zero-order valence-corrected chi connectivity index (χ0v) is 11.8. The number of rotatable bonds is 7. The molecule has 5 nitrogen and oxygen atoms in total. The van der Waals surface area contributed by atoms with E-state index in [0.717, 1.165) is 0 Å². The molecule has 0 aliphatic carbocycles. The van der Waals surface area contributed by atoms with E-state index < -0.39 is 17.6 Å². The van der Waals surface area contributed by atoms with Gasteiger partial charge in [-0.05, 0) is 32.0 Å². The second-order valence-corrected chi connectivity index (χ2v) is 5.23. The summed E-state index contributed by atoms with van der Waals surface area (Å²) < 4.78 is 5.38. The molecule has 1 unspecified atom stereocenters. The van der Waals surface area contributed by atoms with Gasteiger partial charge in [-0.2, -0.15) is 0 Å². The Hall–Kier alpha value is -1.30. The number of amides is 1. The summed E-state index contributed by atoms with van der Waals surface area (Å²) in [4.78, 5) is 11.1. The summed E-state index contributed by atoms with van der Waals surface area (Å²) in [6.45, 7) is 3.61. The molecule has 1 aromatic rings. The number of hydrogen-bond donors (Lipinski definition) is 3. The van der Waals surface area contributed by atoms with Gasteiger partial charge < -0.3 is 20.9 Å². The molecule has 0 saturated carbocycles. The van der Waals surface area contributed by atoms with Crippen molar-refractivity contribution in [3.8, 4) is 5.75 Å². The monoisotopic (exact) mass is 286 g/mol. The molecule has 19 heavy (non-hydrogen) atoms. The van der Waals surface area contributed by atoms with Crippen molar-refractivity contribution in [1.82, 2.24) is 5.32 Å². The Morgan fingerprint density at radius 1 is 1.58 bits per heavy atom. The van der Waals surface area contributed by atoms with Gasteiger partial charge in [0.2, 0.25) is 5.91 Å². The highest BCUT2D eigenvalue weighted by molar-refractivity contribution is 6.30. The SMILES string of the molecule is CC(C)(NCC(O)COc1cccc(Cl)c1)C(N)=O. The van der Waals surface area contributed by atoms with E-state index >= 15 is 0 Å². The molecule has 4 N–H and O–H groups in total. The van der Waals surface area contributed by atoms with E-state index in [1.807, 2.05) is 0 Å². The molecule has 0 spiro atoms. The molecule has 0 aliphatic heterocycles. The number of benzene rings is 1. The summed E-state index contributed by atoms with van der Waals surface area (Å²) >= 11 is 5.81. The number of carbonyl (C=O) groups excluding carboxylic acids is 1. The van der Waals surface area contributed by atoms with Crippen molar-refractivity contribution in [2.75, 3.05) is 13.2 Å². The minimum Gasteiger partial charge on any atom is -0.491 e. The lowest BCUT2D eigenvalue weighted by molar-refractivity contribution is -0.123. The Labute approximate surface area is 117 Å². The third kappa shape index (κ3) is 5.46. The quantitative estimate of drug-likeness (QED) is 0.696. The van der Waals surface area contributed by atoms with Crippen LogP contribution in [0.3, 0.4) is 0 Å². The third-order valence-electron chi connectivity index (χ3n) is 2.63. The molecule has 1 atom stereocenters. The zero-order valence-electron chi connectivity index (χ0n) is 11.0. The van der Waals surface area contributed by atoms with Gasteiger partial charge in [0.25, 0.3) is 0 Å². The molecule has 0 fully saturated rings. The van der Waals surface area contributed by atoms with Crippen molar-refractivity contribution >= 4 is 17.5 Å². The highest BCUT2D eigenvalue weighted by Gasteiger charge is 2.24. The normalized spacial score (nSPS) is 13.1. The molecule has 0 bridgehead atoms. The van der Waals surface area contributed by atoms with Gasteiger partial charge in [-0.15, -0.1) is 0 Å². The first-order valence-corrected chi connectivity index (χ1v) is 6.30. The highest BCUT2D eigenvalue weighted by atomic mass is 35.5. The lowest BCUT2D eigenvalue weighted by Crippen LogP contribution is -2.53. The van der Waals surface area contributed by atoms with Crippen molar-refractivity contribution in [2.24, 2.45) is 5.73 Å². The van der Waals surface area contributed by atoms with E-state index in [9.17, 15) is 9.90 Å². The molecule has 6 heteroatoms. The first kappa shape index (κ1) is 15.8. The largest absolute Gasteiger partial charge is 0.491 e. The average Bonchev–Trinajstić information content (AvgIpc) is 2.34. The van der Waals surface area contributed by atoms with Crippen molar-refractivity contribution in [3.63, 3.8) is 0 Å². The van der Waals surface area contributed by atoms with Crippen LogP contribution >= 0.6 is 11.6 Å². The molecule has 0 heterocycles. The second kappa shape index (κ2) is 6.75. The first-order valence-electron chi connectivity index (χ1n) is 5.92. The fraction of sp³-hybridized carbons (Fsp3) is 0.462. The number of hydrogen-bond acceptors (Lipinski definition) is 4.